The van der Waals surface area contributed by atoms with Crippen molar-refractivity contribution in [1.82, 2.24) is 14.1 Å². The van der Waals surface area contributed by atoms with E-state index in [9.17, 15) is 18.0 Å². The van der Waals surface area contributed by atoms with Crippen LogP contribution in [0.3, 0.4) is 0 Å². The van der Waals surface area contributed by atoms with E-state index in [1.54, 1.807) is 6.07 Å². The smallest absolute Gasteiger partial charge is 0.262 e. The van der Waals surface area contributed by atoms with E-state index in [1.807, 2.05) is 54.8 Å². The van der Waals surface area contributed by atoms with Gasteiger partial charge in [0.2, 0.25) is 0 Å². The van der Waals surface area contributed by atoms with Crippen molar-refractivity contribution in [3.05, 3.63) is 76.1 Å². The topological polar surface area (TPSA) is 91.0 Å². The van der Waals surface area contributed by atoms with Crippen LogP contribution >= 0.6 is 11.3 Å². The van der Waals surface area contributed by atoms with E-state index < -0.39 is 9.84 Å². The summed E-state index contributed by atoms with van der Waals surface area (Å²) in [6.45, 7) is 3.59. The van der Waals surface area contributed by atoms with Crippen molar-refractivity contribution in [2.45, 2.75) is 32.9 Å². The second kappa shape index (κ2) is 8.07. The zero-order chi connectivity index (χ0) is 23.3. The molecular weight excluding hydrogens is 458 g/mol. The number of nitrogens with zero attached hydrogens (tertiary/aromatic N) is 3. The Morgan fingerprint density at radius 2 is 1.94 bits per heavy atom. The van der Waals surface area contributed by atoms with Gasteiger partial charge in [0.25, 0.3) is 5.56 Å². The van der Waals surface area contributed by atoms with Gasteiger partial charge >= 0.3 is 0 Å². The number of benzene rings is 1. The Morgan fingerprint density at radius 3 is 2.64 bits per heavy atom. The summed E-state index contributed by atoms with van der Waals surface area (Å²) in [7, 11) is -3.04. The fourth-order valence-corrected chi connectivity index (χ4v) is 7.35. The van der Waals surface area contributed by atoms with Gasteiger partial charge in [0.1, 0.15) is 4.83 Å². The van der Waals surface area contributed by atoms with E-state index in [-0.39, 0.29) is 35.4 Å². The summed E-state index contributed by atoms with van der Waals surface area (Å²) in [5, 5.41) is 0.496. The highest BCUT2D eigenvalue weighted by molar-refractivity contribution is 7.91. The van der Waals surface area contributed by atoms with Gasteiger partial charge in [0.05, 0.1) is 29.8 Å². The third-order valence-electron chi connectivity index (χ3n) is 6.25. The van der Waals surface area contributed by atoms with Gasteiger partial charge < -0.3 is 4.57 Å². The molecule has 1 atom stereocenters. The predicted octanol–water partition coefficient (Wildman–Crippen LogP) is 3.79. The lowest BCUT2D eigenvalue weighted by Crippen LogP contribution is -2.24. The van der Waals surface area contributed by atoms with Crippen LogP contribution in [0.4, 0.5) is 0 Å². The minimum absolute atomic E-state index is 0.0962. The van der Waals surface area contributed by atoms with Crippen molar-refractivity contribution in [3.63, 3.8) is 0 Å². The summed E-state index contributed by atoms with van der Waals surface area (Å²) in [5.74, 6) is 0.0702. The Labute approximate surface area is 195 Å². The number of hydrogen-bond acceptors (Lipinski definition) is 6. The Kier molecular flexibility index (Phi) is 5.33. The van der Waals surface area contributed by atoms with Crippen LogP contribution in [0.15, 0.2) is 53.6 Å². The highest BCUT2D eigenvalue weighted by atomic mass is 32.2. The van der Waals surface area contributed by atoms with Crippen LogP contribution in [-0.4, -0.2) is 39.8 Å². The molecule has 1 aliphatic rings. The van der Waals surface area contributed by atoms with Gasteiger partial charge in [-0.15, -0.1) is 11.3 Å². The van der Waals surface area contributed by atoms with E-state index in [1.165, 1.54) is 22.2 Å². The summed E-state index contributed by atoms with van der Waals surface area (Å²) >= 11 is 1.45. The Balaban J connectivity index is 1.45. The summed E-state index contributed by atoms with van der Waals surface area (Å²) in [5.41, 5.74) is 2.87. The molecule has 0 N–H and O–H groups in total. The molecule has 170 valence electrons. The van der Waals surface area contributed by atoms with Gasteiger partial charge in [-0.25, -0.2) is 13.4 Å². The van der Waals surface area contributed by atoms with Gasteiger partial charge in [0, 0.05) is 27.9 Å². The van der Waals surface area contributed by atoms with E-state index in [0.717, 1.165) is 21.8 Å². The molecule has 33 heavy (non-hydrogen) atoms. The molecule has 4 heterocycles. The first kappa shape index (κ1) is 21.8. The average molecular weight is 482 g/mol. The number of carbonyl (C=O) groups is 1. The SMILES string of the molecule is Cc1cc(C(=O)Cn2cnc3sc(-c4ccccc4)cc3c2=O)c(C)n1C1CCS(=O)(=O)C1. The van der Waals surface area contributed by atoms with Crippen LogP contribution in [0, 0.1) is 13.8 Å². The third-order valence-corrected chi connectivity index (χ3v) is 9.09. The molecule has 7 nitrogen and oxygen atoms in total. The van der Waals surface area contributed by atoms with Crippen LogP contribution in [0.1, 0.15) is 34.2 Å². The Hall–Kier alpha value is -3.04. The normalized spacial score (nSPS) is 17.6. The minimum Gasteiger partial charge on any atom is -0.344 e. The molecule has 1 fully saturated rings. The molecular formula is C24H23N3O4S2. The standard InChI is InChI=1S/C24H23N3O4S2/c1-15-10-19(16(2)27(15)18-8-9-33(30,31)13-18)21(28)12-26-14-25-23-20(24(26)29)11-22(32-23)17-6-4-3-5-7-17/h3-7,10-11,14,18H,8-9,12-13H2,1-2H3. The lowest BCUT2D eigenvalue weighted by atomic mass is 10.1. The first-order valence-corrected chi connectivity index (χ1v) is 13.3. The maximum absolute atomic E-state index is 13.1. The number of hydrogen-bond donors (Lipinski definition) is 0. The molecule has 4 aromatic rings. The Bertz CT molecular complexity index is 1550. The van der Waals surface area contributed by atoms with Crippen LogP contribution < -0.4 is 5.56 Å². The van der Waals surface area contributed by atoms with E-state index >= 15 is 0 Å². The molecule has 9 heteroatoms. The number of carbonyl (C=O) groups excluding carboxylic acids is 1. The number of fused-ring (bicyclic) bond motifs is 1. The summed E-state index contributed by atoms with van der Waals surface area (Å²) in [6.07, 6.45) is 1.98. The zero-order valence-electron chi connectivity index (χ0n) is 18.3. The number of thiophene rings is 1. The molecule has 1 saturated heterocycles. The molecule has 0 radical (unpaired) electrons. The predicted molar refractivity (Wildman–Crippen MR) is 130 cm³/mol. The molecule has 1 unspecified atom stereocenters. The summed E-state index contributed by atoms with van der Waals surface area (Å²) in [4.78, 5) is 32.2. The van der Waals surface area contributed by atoms with Crippen LogP contribution in [0.25, 0.3) is 20.7 Å². The maximum atomic E-state index is 13.1. The molecule has 0 saturated carbocycles. The van der Waals surface area contributed by atoms with Crippen molar-refractivity contribution in [2.75, 3.05) is 11.5 Å². The first-order chi connectivity index (χ1) is 15.7. The van der Waals surface area contributed by atoms with Gasteiger partial charge in [0.15, 0.2) is 15.6 Å². The monoisotopic (exact) mass is 481 g/mol. The molecule has 0 spiro atoms. The highest BCUT2D eigenvalue weighted by Crippen LogP contribution is 2.31. The van der Waals surface area contributed by atoms with Gasteiger partial charge in [-0.2, -0.15) is 0 Å². The van der Waals surface area contributed by atoms with E-state index in [4.69, 9.17) is 0 Å². The molecule has 1 aliphatic heterocycles. The quantitative estimate of drug-likeness (QED) is 0.405. The van der Waals surface area contributed by atoms with Gasteiger partial charge in [-0.1, -0.05) is 30.3 Å². The second-order valence-electron chi connectivity index (χ2n) is 8.51. The largest absolute Gasteiger partial charge is 0.344 e. The fourth-order valence-electron chi connectivity index (χ4n) is 4.66. The van der Waals surface area contributed by atoms with E-state index in [2.05, 4.69) is 4.98 Å². The lowest BCUT2D eigenvalue weighted by molar-refractivity contribution is 0.0970. The first-order valence-electron chi connectivity index (χ1n) is 10.7. The van der Waals surface area contributed by atoms with E-state index in [0.29, 0.717) is 22.2 Å². The molecule has 5 rings (SSSR count). The average Bonchev–Trinajstić information content (AvgIpc) is 3.46. The van der Waals surface area contributed by atoms with Crippen molar-refractivity contribution >= 4 is 37.2 Å². The zero-order valence-corrected chi connectivity index (χ0v) is 19.9. The maximum Gasteiger partial charge on any atom is 0.262 e. The van der Waals surface area contributed by atoms with Crippen LogP contribution in [0.5, 0.6) is 0 Å². The molecule has 0 bridgehead atoms. The van der Waals surface area contributed by atoms with Crippen LogP contribution in [0.2, 0.25) is 0 Å². The van der Waals surface area contributed by atoms with Gasteiger partial charge in [-0.05, 0) is 38.0 Å². The highest BCUT2D eigenvalue weighted by Gasteiger charge is 2.31. The number of aromatic nitrogens is 3. The van der Waals surface area contributed by atoms with Crippen molar-refractivity contribution < 1.29 is 13.2 Å². The van der Waals surface area contributed by atoms with Crippen molar-refractivity contribution in [1.29, 1.82) is 0 Å². The van der Waals surface area contributed by atoms with Crippen molar-refractivity contribution in [3.8, 4) is 10.4 Å². The third kappa shape index (κ3) is 3.95. The second-order valence-corrected chi connectivity index (χ2v) is 11.8. The fraction of sp³-hybridized carbons (Fsp3) is 0.292. The Morgan fingerprint density at radius 1 is 1.18 bits per heavy atom. The molecule has 1 aromatic carbocycles. The number of rotatable bonds is 5. The van der Waals surface area contributed by atoms with Gasteiger partial charge in [-0.3, -0.25) is 14.2 Å². The molecule has 3 aromatic heterocycles. The number of aryl methyl sites for hydroxylation is 1. The summed E-state index contributed by atoms with van der Waals surface area (Å²) < 4.78 is 27.2. The molecule has 0 aliphatic carbocycles. The number of ketones is 1. The van der Waals surface area contributed by atoms with Crippen molar-refractivity contribution in [2.24, 2.45) is 0 Å². The number of Topliss-reactive ketones (excluding diaryl/α,β-unsaturated/α-hetero) is 1. The minimum atomic E-state index is -3.04. The number of sulfone groups is 1. The lowest BCUT2D eigenvalue weighted by Gasteiger charge is -2.16. The summed E-state index contributed by atoms with van der Waals surface area (Å²) in [6, 6.07) is 13.3. The van der Waals surface area contributed by atoms with Crippen LogP contribution in [-0.2, 0) is 16.4 Å². The molecule has 0 amide bonds.